The SMILES string of the molecule is COc1cc2c(c3c1C(=O)OC3NC=O)CCCC2. The summed E-state index contributed by atoms with van der Waals surface area (Å²) in [6.45, 7) is 0. The van der Waals surface area contributed by atoms with Crippen molar-refractivity contribution in [1.82, 2.24) is 5.32 Å². The fourth-order valence-electron chi connectivity index (χ4n) is 2.97. The Bertz CT molecular complexity index is 553. The van der Waals surface area contributed by atoms with Crippen molar-refractivity contribution in [3.8, 4) is 5.75 Å². The van der Waals surface area contributed by atoms with E-state index in [1.54, 1.807) is 7.11 Å². The van der Waals surface area contributed by atoms with Crippen LogP contribution in [0.4, 0.5) is 0 Å². The number of hydrogen-bond acceptors (Lipinski definition) is 4. The quantitative estimate of drug-likeness (QED) is 0.661. The van der Waals surface area contributed by atoms with Crippen LogP contribution in [0.15, 0.2) is 6.07 Å². The molecule has 3 rings (SSSR count). The van der Waals surface area contributed by atoms with Gasteiger partial charge in [-0.1, -0.05) is 0 Å². The van der Waals surface area contributed by atoms with E-state index in [-0.39, 0.29) is 0 Å². The highest BCUT2D eigenvalue weighted by atomic mass is 16.6. The Morgan fingerprint density at radius 1 is 1.42 bits per heavy atom. The molecule has 0 aromatic heterocycles. The number of carbonyl (C=O) groups is 2. The molecule has 1 aromatic rings. The van der Waals surface area contributed by atoms with Gasteiger partial charge in [-0.25, -0.2) is 4.79 Å². The van der Waals surface area contributed by atoms with Gasteiger partial charge < -0.3 is 14.8 Å². The molecule has 1 aromatic carbocycles. The Labute approximate surface area is 110 Å². The van der Waals surface area contributed by atoms with E-state index in [4.69, 9.17) is 9.47 Å². The maximum Gasteiger partial charge on any atom is 0.344 e. The Hall–Kier alpha value is -2.04. The molecule has 1 atom stereocenters. The lowest BCUT2D eigenvalue weighted by Crippen LogP contribution is -2.21. The molecule has 0 saturated carbocycles. The molecule has 1 heterocycles. The summed E-state index contributed by atoms with van der Waals surface area (Å²) in [4.78, 5) is 22.6. The monoisotopic (exact) mass is 261 g/mol. The number of benzene rings is 1. The normalized spacial score (nSPS) is 20.3. The first-order chi connectivity index (χ1) is 9.26. The van der Waals surface area contributed by atoms with Crippen molar-refractivity contribution in [1.29, 1.82) is 0 Å². The van der Waals surface area contributed by atoms with Crippen LogP contribution in [0.1, 0.15) is 46.1 Å². The zero-order valence-corrected chi connectivity index (χ0v) is 10.7. The molecule has 19 heavy (non-hydrogen) atoms. The predicted molar refractivity (Wildman–Crippen MR) is 67.0 cm³/mol. The third kappa shape index (κ3) is 1.77. The van der Waals surface area contributed by atoms with Crippen molar-refractivity contribution < 1.29 is 19.1 Å². The molecule has 100 valence electrons. The number of rotatable bonds is 3. The minimum Gasteiger partial charge on any atom is -0.496 e. The first kappa shape index (κ1) is 12.0. The van der Waals surface area contributed by atoms with E-state index in [1.165, 1.54) is 5.56 Å². The topological polar surface area (TPSA) is 64.6 Å². The number of esters is 1. The number of cyclic esters (lactones) is 1. The number of ether oxygens (including phenoxy) is 2. The molecule has 0 saturated heterocycles. The molecule has 0 bridgehead atoms. The van der Waals surface area contributed by atoms with Crippen LogP contribution in [0.25, 0.3) is 0 Å². The summed E-state index contributed by atoms with van der Waals surface area (Å²) in [6, 6.07) is 1.93. The highest BCUT2D eigenvalue weighted by molar-refractivity contribution is 5.98. The number of methoxy groups -OCH3 is 1. The Kier molecular flexibility index (Phi) is 2.89. The van der Waals surface area contributed by atoms with Crippen molar-refractivity contribution in [2.45, 2.75) is 31.9 Å². The van der Waals surface area contributed by atoms with Crippen molar-refractivity contribution in [3.05, 3.63) is 28.3 Å². The number of nitrogens with one attached hydrogen (secondary N) is 1. The Morgan fingerprint density at radius 3 is 2.95 bits per heavy atom. The molecular formula is C14H15NO4. The first-order valence-corrected chi connectivity index (χ1v) is 6.39. The summed E-state index contributed by atoms with van der Waals surface area (Å²) in [5.41, 5.74) is 3.57. The second kappa shape index (κ2) is 4.57. The second-order valence-corrected chi connectivity index (χ2v) is 4.78. The summed E-state index contributed by atoms with van der Waals surface area (Å²) in [5.74, 6) is 0.107. The fraction of sp³-hybridized carbons (Fsp3) is 0.429. The van der Waals surface area contributed by atoms with E-state index in [2.05, 4.69) is 5.32 Å². The van der Waals surface area contributed by atoms with Gasteiger partial charge in [-0.2, -0.15) is 0 Å². The summed E-state index contributed by atoms with van der Waals surface area (Å²) < 4.78 is 10.5. The minimum atomic E-state index is -0.679. The molecule has 1 unspecified atom stereocenters. The zero-order valence-electron chi connectivity index (χ0n) is 10.7. The molecule has 1 aliphatic heterocycles. The second-order valence-electron chi connectivity index (χ2n) is 4.78. The average molecular weight is 261 g/mol. The van der Waals surface area contributed by atoms with Crippen LogP contribution in [-0.4, -0.2) is 19.5 Å². The highest BCUT2D eigenvalue weighted by Gasteiger charge is 2.37. The minimum absolute atomic E-state index is 0.431. The van der Waals surface area contributed by atoms with Crippen LogP contribution in [0, 0.1) is 0 Å². The lowest BCUT2D eigenvalue weighted by atomic mass is 9.85. The number of amides is 1. The van der Waals surface area contributed by atoms with E-state index in [9.17, 15) is 9.59 Å². The van der Waals surface area contributed by atoms with Gasteiger partial charge >= 0.3 is 5.97 Å². The molecule has 1 N–H and O–H groups in total. The lowest BCUT2D eigenvalue weighted by Gasteiger charge is -2.21. The van der Waals surface area contributed by atoms with Crippen molar-refractivity contribution in [3.63, 3.8) is 0 Å². The van der Waals surface area contributed by atoms with Crippen LogP contribution in [0.2, 0.25) is 0 Å². The number of carbonyl (C=O) groups excluding carboxylic acids is 2. The van der Waals surface area contributed by atoms with Gasteiger partial charge in [0.05, 0.1) is 7.11 Å². The molecule has 1 aliphatic carbocycles. The van der Waals surface area contributed by atoms with Gasteiger partial charge in [-0.3, -0.25) is 4.79 Å². The number of aryl methyl sites for hydroxylation is 1. The van der Waals surface area contributed by atoms with E-state index in [1.807, 2.05) is 6.07 Å². The largest absolute Gasteiger partial charge is 0.496 e. The fourth-order valence-corrected chi connectivity index (χ4v) is 2.97. The number of fused-ring (bicyclic) bond motifs is 3. The van der Waals surface area contributed by atoms with Gasteiger partial charge in [0.25, 0.3) is 0 Å². The van der Waals surface area contributed by atoms with E-state index in [0.717, 1.165) is 36.8 Å². The molecule has 5 nitrogen and oxygen atoms in total. The van der Waals surface area contributed by atoms with E-state index in [0.29, 0.717) is 17.7 Å². The maximum absolute atomic E-state index is 12.0. The third-order valence-corrected chi connectivity index (χ3v) is 3.79. The van der Waals surface area contributed by atoms with Crippen molar-refractivity contribution >= 4 is 12.4 Å². The van der Waals surface area contributed by atoms with Gasteiger partial charge in [0.2, 0.25) is 12.6 Å². The van der Waals surface area contributed by atoms with Crippen LogP contribution < -0.4 is 10.1 Å². The standard InChI is InChI=1S/C14H15NO4/c1-18-10-6-8-4-2-3-5-9(8)11-12(10)14(17)19-13(11)15-7-16/h6-7,13H,2-5H2,1H3,(H,15,16). The predicted octanol–water partition coefficient (Wildman–Crippen LogP) is 1.49. The van der Waals surface area contributed by atoms with Crippen LogP contribution in [0.5, 0.6) is 5.75 Å². The molecule has 0 fully saturated rings. The lowest BCUT2D eigenvalue weighted by molar-refractivity contribution is -0.112. The smallest absolute Gasteiger partial charge is 0.344 e. The van der Waals surface area contributed by atoms with Gasteiger partial charge in [0.1, 0.15) is 11.3 Å². The van der Waals surface area contributed by atoms with Gasteiger partial charge in [0.15, 0.2) is 0 Å². The Balaban J connectivity index is 2.21. The number of hydrogen-bond donors (Lipinski definition) is 1. The third-order valence-electron chi connectivity index (χ3n) is 3.79. The van der Waals surface area contributed by atoms with Gasteiger partial charge in [0, 0.05) is 5.56 Å². The maximum atomic E-state index is 12.0. The summed E-state index contributed by atoms with van der Waals surface area (Å²) in [6.07, 6.45) is 3.99. The molecule has 1 amide bonds. The summed E-state index contributed by atoms with van der Waals surface area (Å²) in [5, 5.41) is 2.55. The molecule has 5 heteroatoms. The van der Waals surface area contributed by atoms with Gasteiger partial charge in [-0.05, 0) is 42.9 Å². The van der Waals surface area contributed by atoms with E-state index >= 15 is 0 Å². The van der Waals surface area contributed by atoms with Gasteiger partial charge in [-0.15, -0.1) is 0 Å². The molecular weight excluding hydrogens is 246 g/mol. The molecule has 0 radical (unpaired) electrons. The van der Waals surface area contributed by atoms with Crippen LogP contribution in [-0.2, 0) is 22.4 Å². The first-order valence-electron chi connectivity index (χ1n) is 6.39. The molecule has 2 aliphatic rings. The van der Waals surface area contributed by atoms with Crippen molar-refractivity contribution in [2.24, 2.45) is 0 Å². The average Bonchev–Trinajstić information content (AvgIpc) is 2.76. The summed E-state index contributed by atoms with van der Waals surface area (Å²) in [7, 11) is 1.54. The molecule has 0 spiro atoms. The van der Waals surface area contributed by atoms with E-state index < -0.39 is 12.2 Å². The Morgan fingerprint density at radius 2 is 2.21 bits per heavy atom. The van der Waals surface area contributed by atoms with Crippen LogP contribution in [0.3, 0.4) is 0 Å². The van der Waals surface area contributed by atoms with Crippen molar-refractivity contribution in [2.75, 3.05) is 7.11 Å². The zero-order chi connectivity index (χ0) is 13.4. The summed E-state index contributed by atoms with van der Waals surface area (Å²) >= 11 is 0. The highest BCUT2D eigenvalue weighted by Crippen LogP contribution is 2.41. The van der Waals surface area contributed by atoms with Crippen LogP contribution >= 0.6 is 0 Å².